The SMILES string of the molecule is Cn1ncc(C(=O)N2CCOCC2)c1C(=O)Cc1ccc2nc(-c3ccccc3)nn2c1. The van der Waals surface area contributed by atoms with Gasteiger partial charge < -0.3 is 9.64 Å². The molecule has 0 aliphatic carbocycles. The van der Waals surface area contributed by atoms with Gasteiger partial charge in [-0.05, 0) is 11.6 Å². The van der Waals surface area contributed by atoms with E-state index in [0.29, 0.717) is 49.0 Å². The maximum Gasteiger partial charge on any atom is 0.257 e. The van der Waals surface area contributed by atoms with Gasteiger partial charge in [0.15, 0.2) is 17.3 Å². The highest BCUT2D eigenvalue weighted by Crippen LogP contribution is 2.18. The van der Waals surface area contributed by atoms with E-state index in [1.807, 2.05) is 42.5 Å². The Hall–Kier alpha value is -3.85. The van der Waals surface area contributed by atoms with E-state index in [-0.39, 0.29) is 18.1 Å². The lowest BCUT2D eigenvalue weighted by Gasteiger charge is -2.26. The van der Waals surface area contributed by atoms with Crippen LogP contribution in [0.1, 0.15) is 26.4 Å². The fourth-order valence-electron chi connectivity index (χ4n) is 3.87. The van der Waals surface area contributed by atoms with Gasteiger partial charge in [0.2, 0.25) is 0 Å². The number of aryl methyl sites for hydroxylation is 1. The van der Waals surface area contributed by atoms with Crippen molar-refractivity contribution in [1.29, 1.82) is 0 Å². The van der Waals surface area contributed by atoms with Crippen LogP contribution in [0.5, 0.6) is 0 Å². The summed E-state index contributed by atoms with van der Waals surface area (Å²) >= 11 is 0. The van der Waals surface area contributed by atoms with Gasteiger partial charge in [-0.2, -0.15) is 5.10 Å². The predicted molar refractivity (Wildman–Crippen MR) is 116 cm³/mol. The van der Waals surface area contributed by atoms with Crippen molar-refractivity contribution in [2.75, 3.05) is 26.3 Å². The van der Waals surface area contributed by atoms with Gasteiger partial charge in [0.05, 0.1) is 25.0 Å². The number of ketones is 1. The van der Waals surface area contributed by atoms with E-state index in [2.05, 4.69) is 15.2 Å². The molecular weight excluding hydrogens is 408 g/mol. The summed E-state index contributed by atoms with van der Waals surface area (Å²) in [5, 5.41) is 8.71. The molecule has 162 valence electrons. The molecule has 1 aliphatic heterocycles. The summed E-state index contributed by atoms with van der Waals surface area (Å²) in [4.78, 5) is 32.4. The van der Waals surface area contributed by atoms with Gasteiger partial charge in [-0.1, -0.05) is 36.4 Å². The summed E-state index contributed by atoms with van der Waals surface area (Å²) in [5.74, 6) is 0.257. The van der Waals surface area contributed by atoms with Crippen molar-refractivity contribution in [1.82, 2.24) is 29.3 Å². The summed E-state index contributed by atoms with van der Waals surface area (Å²) in [5.41, 5.74) is 3.04. The van der Waals surface area contributed by atoms with E-state index in [1.165, 1.54) is 10.9 Å². The minimum atomic E-state index is -0.191. The van der Waals surface area contributed by atoms with Crippen molar-refractivity contribution in [2.24, 2.45) is 7.05 Å². The maximum atomic E-state index is 13.2. The van der Waals surface area contributed by atoms with Crippen molar-refractivity contribution in [3.63, 3.8) is 0 Å². The quantitative estimate of drug-likeness (QED) is 0.450. The molecule has 0 unspecified atom stereocenters. The van der Waals surface area contributed by atoms with Crippen LogP contribution < -0.4 is 0 Å². The fourth-order valence-corrected chi connectivity index (χ4v) is 3.87. The molecule has 1 aliphatic rings. The van der Waals surface area contributed by atoms with Crippen LogP contribution in [-0.4, -0.2) is 67.3 Å². The van der Waals surface area contributed by atoms with Crippen LogP contribution in [-0.2, 0) is 18.2 Å². The van der Waals surface area contributed by atoms with Gasteiger partial charge >= 0.3 is 0 Å². The normalized spacial score (nSPS) is 14.1. The summed E-state index contributed by atoms with van der Waals surface area (Å²) in [6.45, 7) is 2.01. The number of morpholine rings is 1. The minimum absolute atomic E-state index is 0.124. The molecular formula is C23H22N6O3. The van der Waals surface area contributed by atoms with Crippen molar-refractivity contribution in [3.05, 3.63) is 71.7 Å². The van der Waals surface area contributed by atoms with Crippen LogP contribution in [0, 0.1) is 0 Å². The number of carbonyl (C=O) groups excluding carboxylic acids is 2. The monoisotopic (exact) mass is 430 g/mol. The highest BCUT2D eigenvalue weighted by Gasteiger charge is 2.27. The van der Waals surface area contributed by atoms with E-state index < -0.39 is 0 Å². The van der Waals surface area contributed by atoms with E-state index in [4.69, 9.17) is 4.74 Å². The maximum absolute atomic E-state index is 13.2. The van der Waals surface area contributed by atoms with Gasteiger partial charge in [0.1, 0.15) is 5.69 Å². The lowest BCUT2D eigenvalue weighted by molar-refractivity contribution is 0.0301. The average molecular weight is 430 g/mol. The van der Waals surface area contributed by atoms with Crippen molar-refractivity contribution in [3.8, 4) is 11.4 Å². The molecule has 0 bridgehead atoms. The number of carbonyl (C=O) groups is 2. The zero-order valence-electron chi connectivity index (χ0n) is 17.6. The first kappa shape index (κ1) is 20.1. The molecule has 0 spiro atoms. The Bertz CT molecular complexity index is 1290. The molecule has 4 heterocycles. The first-order valence-corrected chi connectivity index (χ1v) is 10.4. The standard InChI is InChI=1S/C23H22N6O3/c1-27-21(18(14-24-27)23(31)28-9-11-32-12-10-28)19(30)13-16-7-8-20-25-22(26-29(20)15-16)17-5-3-2-4-6-17/h2-8,14-15H,9-13H2,1H3. The summed E-state index contributed by atoms with van der Waals surface area (Å²) in [6.07, 6.45) is 3.39. The summed E-state index contributed by atoms with van der Waals surface area (Å²) < 4.78 is 8.46. The number of benzene rings is 1. The Labute approximate surface area is 184 Å². The van der Waals surface area contributed by atoms with Crippen LogP contribution in [0.25, 0.3) is 17.0 Å². The Balaban J connectivity index is 1.39. The van der Waals surface area contributed by atoms with E-state index in [9.17, 15) is 9.59 Å². The molecule has 1 aromatic carbocycles. The van der Waals surface area contributed by atoms with Crippen molar-refractivity contribution < 1.29 is 14.3 Å². The highest BCUT2D eigenvalue weighted by atomic mass is 16.5. The number of hydrogen-bond acceptors (Lipinski definition) is 6. The van der Waals surface area contributed by atoms with Crippen LogP contribution >= 0.6 is 0 Å². The third-order valence-corrected chi connectivity index (χ3v) is 5.52. The Kier molecular flexibility index (Phi) is 5.24. The molecule has 4 aromatic rings. The zero-order valence-corrected chi connectivity index (χ0v) is 17.6. The largest absolute Gasteiger partial charge is 0.378 e. The lowest BCUT2D eigenvalue weighted by Crippen LogP contribution is -2.41. The van der Waals surface area contributed by atoms with E-state index in [1.54, 1.807) is 22.7 Å². The van der Waals surface area contributed by atoms with Gasteiger partial charge in [-0.15, -0.1) is 5.10 Å². The molecule has 32 heavy (non-hydrogen) atoms. The lowest BCUT2D eigenvalue weighted by atomic mass is 10.1. The van der Waals surface area contributed by atoms with Crippen LogP contribution in [0.2, 0.25) is 0 Å². The van der Waals surface area contributed by atoms with Gasteiger partial charge in [-0.25, -0.2) is 9.50 Å². The highest BCUT2D eigenvalue weighted by molar-refractivity contribution is 6.07. The molecule has 1 amide bonds. The first-order chi connectivity index (χ1) is 15.6. The van der Waals surface area contributed by atoms with Crippen LogP contribution in [0.3, 0.4) is 0 Å². The molecule has 1 saturated heterocycles. The molecule has 0 radical (unpaired) electrons. The zero-order chi connectivity index (χ0) is 22.1. The number of rotatable bonds is 5. The first-order valence-electron chi connectivity index (χ1n) is 10.4. The Morgan fingerprint density at radius 1 is 1.06 bits per heavy atom. The Morgan fingerprint density at radius 3 is 2.62 bits per heavy atom. The molecule has 0 atom stereocenters. The van der Waals surface area contributed by atoms with Crippen LogP contribution in [0.15, 0.2) is 54.9 Å². The molecule has 1 fully saturated rings. The molecule has 3 aromatic heterocycles. The smallest absolute Gasteiger partial charge is 0.257 e. The fraction of sp³-hybridized carbons (Fsp3) is 0.261. The van der Waals surface area contributed by atoms with E-state index in [0.717, 1.165) is 11.1 Å². The van der Waals surface area contributed by atoms with E-state index >= 15 is 0 Å². The second-order valence-electron chi connectivity index (χ2n) is 7.68. The second kappa shape index (κ2) is 8.35. The number of nitrogens with zero attached hydrogens (tertiary/aromatic N) is 6. The van der Waals surface area contributed by atoms with Gasteiger partial charge in [0, 0.05) is 38.3 Å². The molecule has 0 saturated carbocycles. The van der Waals surface area contributed by atoms with Crippen molar-refractivity contribution >= 4 is 17.3 Å². The average Bonchev–Trinajstić information content (AvgIpc) is 3.43. The van der Waals surface area contributed by atoms with Crippen LogP contribution in [0.4, 0.5) is 0 Å². The molecule has 9 nitrogen and oxygen atoms in total. The number of pyridine rings is 1. The third kappa shape index (κ3) is 3.78. The van der Waals surface area contributed by atoms with Gasteiger partial charge in [0.25, 0.3) is 5.91 Å². The third-order valence-electron chi connectivity index (χ3n) is 5.52. The number of Topliss-reactive ketones (excluding diaryl/α,β-unsaturated/α-hetero) is 1. The summed E-state index contributed by atoms with van der Waals surface area (Å²) in [6, 6.07) is 13.4. The second-order valence-corrected chi connectivity index (χ2v) is 7.68. The minimum Gasteiger partial charge on any atom is -0.378 e. The number of fused-ring (bicyclic) bond motifs is 1. The Morgan fingerprint density at radius 2 is 1.84 bits per heavy atom. The predicted octanol–water partition coefficient (Wildman–Crippen LogP) is 2.03. The topological polar surface area (TPSA) is 94.6 Å². The molecule has 0 N–H and O–H groups in total. The van der Waals surface area contributed by atoms with Gasteiger partial charge in [-0.3, -0.25) is 14.3 Å². The number of hydrogen-bond donors (Lipinski definition) is 0. The summed E-state index contributed by atoms with van der Waals surface area (Å²) in [7, 11) is 1.68. The number of amides is 1. The number of ether oxygens (including phenoxy) is 1. The number of aromatic nitrogens is 5. The molecule has 9 heteroatoms. The van der Waals surface area contributed by atoms with Crippen molar-refractivity contribution in [2.45, 2.75) is 6.42 Å². The molecule has 5 rings (SSSR count).